The van der Waals surface area contributed by atoms with Gasteiger partial charge in [-0.3, -0.25) is 9.99 Å². The monoisotopic (exact) mass is 537 g/mol. The van der Waals surface area contributed by atoms with E-state index in [2.05, 4.69) is 71.3 Å². The molecule has 1 aliphatic rings. The number of imidazole rings is 1. The van der Waals surface area contributed by atoms with Gasteiger partial charge in [-0.15, -0.1) is 6.58 Å². The van der Waals surface area contributed by atoms with Gasteiger partial charge in [-0.25, -0.2) is 29.8 Å². The average molecular weight is 538 g/mol. The Morgan fingerprint density at radius 3 is 2.65 bits per heavy atom. The SMILES string of the molecule is C=CCOC(=O)NNc1ncnc2c1ncn2[C@H]1C[C@H](OP(OCC=C)N(C(C)C)C(C)C)[C@@H](CO)O1. The van der Waals surface area contributed by atoms with Crippen molar-refractivity contribution in [3.8, 4) is 0 Å². The number of ether oxygens (including phenoxy) is 2. The zero-order chi connectivity index (χ0) is 26.9. The van der Waals surface area contributed by atoms with Gasteiger partial charge in [-0.05, 0) is 27.7 Å². The Bertz CT molecular complexity index is 1040. The normalized spacial score (nSPS) is 20.5. The third-order valence-corrected chi connectivity index (χ3v) is 7.54. The molecular weight excluding hydrogens is 501 g/mol. The molecule has 0 spiro atoms. The Kier molecular flexibility index (Phi) is 10.7. The highest BCUT2D eigenvalue weighted by Gasteiger charge is 2.41. The largest absolute Gasteiger partial charge is 0.444 e. The molecule has 3 rings (SSSR count). The fourth-order valence-corrected chi connectivity index (χ4v) is 5.68. The highest BCUT2D eigenvalue weighted by Crippen LogP contribution is 2.50. The molecule has 0 aromatic carbocycles. The second kappa shape index (κ2) is 13.8. The molecule has 1 amide bonds. The van der Waals surface area contributed by atoms with E-state index in [-0.39, 0.29) is 31.1 Å². The van der Waals surface area contributed by atoms with Crippen molar-refractivity contribution in [3.63, 3.8) is 0 Å². The quantitative estimate of drug-likeness (QED) is 0.185. The topological polar surface area (TPSA) is 145 Å². The van der Waals surface area contributed by atoms with Crippen LogP contribution in [0.5, 0.6) is 0 Å². The first-order valence-corrected chi connectivity index (χ1v) is 13.2. The molecule has 4 atom stereocenters. The summed E-state index contributed by atoms with van der Waals surface area (Å²) in [5.74, 6) is 0.287. The van der Waals surface area contributed by atoms with Gasteiger partial charge < -0.3 is 23.6 Å². The molecule has 0 saturated carbocycles. The number of hydrogen-bond acceptors (Lipinski definition) is 11. The number of amides is 1. The Hall–Kier alpha value is -2.67. The van der Waals surface area contributed by atoms with Gasteiger partial charge in [-0.1, -0.05) is 18.7 Å². The molecule has 3 N–H and O–H groups in total. The van der Waals surface area contributed by atoms with Gasteiger partial charge in [-0.2, -0.15) is 0 Å². The van der Waals surface area contributed by atoms with E-state index in [1.54, 1.807) is 17.0 Å². The summed E-state index contributed by atoms with van der Waals surface area (Å²) >= 11 is 0. The lowest BCUT2D eigenvalue weighted by Crippen LogP contribution is -2.36. The minimum absolute atomic E-state index is 0.0719. The van der Waals surface area contributed by atoms with E-state index in [0.29, 0.717) is 24.2 Å². The van der Waals surface area contributed by atoms with Gasteiger partial charge in [0.25, 0.3) is 8.53 Å². The van der Waals surface area contributed by atoms with E-state index in [9.17, 15) is 9.90 Å². The summed E-state index contributed by atoms with van der Waals surface area (Å²) in [7, 11) is -1.43. The summed E-state index contributed by atoms with van der Waals surface area (Å²) in [4.78, 5) is 24.6. The first-order chi connectivity index (χ1) is 17.8. The standard InChI is InChI=1S/C23H36N7O6P/c1-7-9-33-23(32)28-27-21-20-22(25-13-24-21)29(14-26-20)19-11-17(18(12-31)35-19)36-37(34-10-8-2)30(15(3)4)16(5)6/h7-8,13-19,31H,1-2,9-12H2,3-6H3,(H,28,32)(H,24,25,27)/t17-,18+,19+,37?/m0/s1. The van der Waals surface area contributed by atoms with Crippen LogP contribution in [0.15, 0.2) is 38.0 Å². The van der Waals surface area contributed by atoms with Gasteiger partial charge in [0, 0.05) is 18.5 Å². The smallest absolute Gasteiger partial charge is 0.426 e. The molecule has 3 heterocycles. The molecule has 204 valence electrons. The van der Waals surface area contributed by atoms with Gasteiger partial charge in [0.1, 0.15) is 25.3 Å². The average Bonchev–Trinajstić information content (AvgIpc) is 3.48. The van der Waals surface area contributed by atoms with Crippen LogP contribution >= 0.6 is 8.53 Å². The molecule has 1 saturated heterocycles. The summed E-state index contributed by atoms with van der Waals surface area (Å²) in [6.07, 6.45) is 4.32. The third-order valence-electron chi connectivity index (χ3n) is 5.42. The molecule has 0 bridgehead atoms. The molecule has 0 radical (unpaired) electrons. The highest BCUT2D eigenvalue weighted by molar-refractivity contribution is 7.44. The number of hydrogen-bond donors (Lipinski definition) is 3. The predicted molar refractivity (Wildman–Crippen MR) is 139 cm³/mol. The number of carbonyl (C=O) groups excluding carboxylic acids is 1. The van der Waals surface area contributed by atoms with Crippen molar-refractivity contribution >= 4 is 31.6 Å². The molecular formula is C23H36N7O6P. The Morgan fingerprint density at radius 1 is 1.27 bits per heavy atom. The number of aliphatic hydroxyl groups is 1. The van der Waals surface area contributed by atoms with Crippen molar-refractivity contribution in [2.24, 2.45) is 0 Å². The molecule has 1 fully saturated rings. The highest BCUT2D eigenvalue weighted by atomic mass is 31.2. The summed E-state index contributed by atoms with van der Waals surface area (Å²) in [5, 5.41) is 10.1. The van der Waals surface area contributed by atoms with Gasteiger partial charge in [0.2, 0.25) is 0 Å². The van der Waals surface area contributed by atoms with Gasteiger partial charge in [0.15, 0.2) is 17.0 Å². The minimum atomic E-state index is -1.43. The van der Waals surface area contributed by atoms with Crippen LogP contribution in [-0.2, 0) is 18.5 Å². The molecule has 1 aliphatic heterocycles. The number of fused-ring (bicyclic) bond motifs is 1. The summed E-state index contributed by atoms with van der Waals surface area (Å²) in [5.41, 5.74) is 5.98. The van der Waals surface area contributed by atoms with Crippen molar-refractivity contribution in [1.29, 1.82) is 0 Å². The maximum absolute atomic E-state index is 11.7. The predicted octanol–water partition coefficient (Wildman–Crippen LogP) is 3.28. The van der Waals surface area contributed by atoms with Crippen molar-refractivity contribution in [3.05, 3.63) is 38.0 Å². The lowest BCUT2D eigenvalue weighted by atomic mass is 10.2. The van der Waals surface area contributed by atoms with Crippen LogP contribution in [0.1, 0.15) is 40.3 Å². The molecule has 13 nitrogen and oxygen atoms in total. The van der Waals surface area contributed by atoms with E-state index in [1.165, 1.54) is 12.4 Å². The van der Waals surface area contributed by atoms with E-state index in [1.807, 2.05) is 0 Å². The number of anilines is 1. The summed E-state index contributed by atoms with van der Waals surface area (Å²) in [6, 6.07) is 0.369. The third kappa shape index (κ3) is 7.22. The lowest BCUT2D eigenvalue weighted by molar-refractivity contribution is -0.0410. The van der Waals surface area contributed by atoms with Crippen LogP contribution in [0, 0.1) is 0 Å². The maximum Gasteiger partial charge on any atom is 0.426 e. The lowest BCUT2D eigenvalue weighted by Gasteiger charge is -2.37. The zero-order valence-electron chi connectivity index (χ0n) is 21.6. The number of carbonyl (C=O) groups is 1. The maximum atomic E-state index is 11.7. The van der Waals surface area contributed by atoms with Crippen molar-refractivity contribution < 1.29 is 28.4 Å². The Balaban J connectivity index is 1.77. The molecule has 2 aromatic heterocycles. The molecule has 0 aliphatic carbocycles. The number of aromatic nitrogens is 4. The van der Waals surface area contributed by atoms with E-state index < -0.39 is 33.1 Å². The van der Waals surface area contributed by atoms with E-state index in [4.69, 9.17) is 18.5 Å². The zero-order valence-corrected chi connectivity index (χ0v) is 22.5. The van der Waals surface area contributed by atoms with Crippen LogP contribution in [-0.4, -0.2) is 79.5 Å². The second-order valence-corrected chi connectivity index (χ2v) is 10.2. The van der Waals surface area contributed by atoms with Gasteiger partial charge >= 0.3 is 6.09 Å². The molecule has 37 heavy (non-hydrogen) atoms. The number of rotatable bonds is 14. The molecule has 14 heteroatoms. The van der Waals surface area contributed by atoms with E-state index in [0.717, 1.165) is 0 Å². The van der Waals surface area contributed by atoms with Crippen LogP contribution in [0.2, 0.25) is 0 Å². The minimum Gasteiger partial charge on any atom is -0.444 e. The Labute approximate surface area is 217 Å². The van der Waals surface area contributed by atoms with E-state index >= 15 is 0 Å². The fraction of sp³-hybridized carbons (Fsp3) is 0.565. The van der Waals surface area contributed by atoms with Crippen LogP contribution in [0.3, 0.4) is 0 Å². The van der Waals surface area contributed by atoms with Crippen LogP contribution in [0.25, 0.3) is 11.2 Å². The first-order valence-electron chi connectivity index (χ1n) is 12.0. The summed E-state index contributed by atoms with van der Waals surface area (Å²) in [6.45, 7) is 15.8. The number of nitrogens with one attached hydrogen (secondary N) is 2. The fourth-order valence-electron chi connectivity index (χ4n) is 3.94. The number of nitrogens with zero attached hydrogens (tertiary/aromatic N) is 5. The number of hydrazine groups is 1. The van der Waals surface area contributed by atoms with Gasteiger partial charge in [0.05, 0.1) is 25.6 Å². The Morgan fingerprint density at radius 2 is 2.00 bits per heavy atom. The van der Waals surface area contributed by atoms with Crippen molar-refractivity contribution in [1.82, 2.24) is 29.6 Å². The number of aliphatic hydroxyl groups excluding tert-OH is 1. The molecule has 1 unspecified atom stereocenters. The van der Waals surface area contributed by atoms with Crippen molar-refractivity contribution in [2.45, 2.75) is 64.6 Å². The summed E-state index contributed by atoms with van der Waals surface area (Å²) < 4.78 is 27.4. The molecule has 2 aromatic rings. The van der Waals surface area contributed by atoms with Crippen molar-refractivity contribution in [2.75, 3.05) is 25.2 Å². The van der Waals surface area contributed by atoms with Crippen LogP contribution < -0.4 is 10.9 Å². The second-order valence-electron chi connectivity index (χ2n) is 8.76. The van der Waals surface area contributed by atoms with Crippen LogP contribution in [0.4, 0.5) is 10.6 Å². The first kappa shape index (κ1) is 28.9.